The van der Waals surface area contributed by atoms with Crippen LogP contribution in [0, 0.1) is 6.92 Å². The SMILES string of the molecule is COc1ccc(NC(=O)C(Cl)=C(Cl)SCc2ccc(C)cc2)cn1. The van der Waals surface area contributed by atoms with Crippen molar-refractivity contribution in [3.05, 3.63) is 63.1 Å². The van der Waals surface area contributed by atoms with E-state index in [0.29, 0.717) is 17.3 Å². The molecular formula is C17H16Cl2N2O2S. The zero-order valence-electron chi connectivity index (χ0n) is 13.2. The Bertz CT molecular complexity index is 731. The van der Waals surface area contributed by atoms with Crippen molar-refractivity contribution in [2.45, 2.75) is 12.7 Å². The van der Waals surface area contributed by atoms with Crippen molar-refractivity contribution >= 4 is 46.6 Å². The number of carbonyl (C=O) groups is 1. The molecule has 0 radical (unpaired) electrons. The molecule has 0 unspecified atom stereocenters. The summed E-state index contributed by atoms with van der Waals surface area (Å²) in [6.45, 7) is 2.03. The second kappa shape index (κ2) is 8.97. The minimum atomic E-state index is -0.481. The van der Waals surface area contributed by atoms with E-state index in [0.717, 1.165) is 5.56 Å². The summed E-state index contributed by atoms with van der Waals surface area (Å²) in [5.74, 6) is 0.610. The van der Waals surface area contributed by atoms with Crippen molar-refractivity contribution in [2.75, 3.05) is 12.4 Å². The summed E-state index contributed by atoms with van der Waals surface area (Å²) in [4.78, 5) is 16.1. The minimum Gasteiger partial charge on any atom is -0.481 e. The van der Waals surface area contributed by atoms with Crippen LogP contribution in [0.15, 0.2) is 52.0 Å². The van der Waals surface area contributed by atoms with E-state index in [4.69, 9.17) is 27.9 Å². The lowest BCUT2D eigenvalue weighted by Gasteiger charge is -2.07. The lowest BCUT2D eigenvalue weighted by molar-refractivity contribution is -0.112. The van der Waals surface area contributed by atoms with Crippen molar-refractivity contribution < 1.29 is 9.53 Å². The molecule has 0 aliphatic carbocycles. The van der Waals surface area contributed by atoms with Gasteiger partial charge in [0, 0.05) is 11.8 Å². The van der Waals surface area contributed by atoms with Gasteiger partial charge in [0.05, 0.1) is 23.4 Å². The smallest absolute Gasteiger partial charge is 0.269 e. The van der Waals surface area contributed by atoms with Crippen LogP contribution in [-0.2, 0) is 10.5 Å². The summed E-state index contributed by atoms with van der Waals surface area (Å²) in [5.41, 5.74) is 2.80. The molecule has 1 amide bonds. The summed E-state index contributed by atoms with van der Waals surface area (Å²) >= 11 is 13.5. The van der Waals surface area contributed by atoms with Gasteiger partial charge in [-0.25, -0.2) is 4.98 Å². The topological polar surface area (TPSA) is 51.2 Å². The van der Waals surface area contributed by atoms with Crippen LogP contribution >= 0.6 is 35.0 Å². The largest absolute Gasteiger partial charge is 0.481 e. The van der Waals surface area contributed by atoms with E-state index < -0.39 is 5.91 Å². The second-order valence-corrected chi connectivity index (χ2v) is 6.87. The van der Waals surface area contributed by atoms with Gasteiger partial charge in [0.25, 0.3) is 5.91 Å². The van der Waals surface area contributed by atoms with Gasteiger partial charge < -0.3 is 10.1 Å². The third-order valence-electron chi connectivity index (χ3n) is 3.06. The second-order valence-electron chi connectivity index (χ2n) is 4.91. The van der Waals surface area contributed by atoms with Gasteiger partial charge >= 0.3 is 0 Å². The normalized spacial score (nSPS) is 11.7. The van der Waals surface area contributed by atoms with E-state index in [1.54, 1.807) is 12.1 Å². The molecule has 0 fully saturated rings. The van der Waals surface area contributed by atoms with Crippen molar-refractivity contribution in [1.29, 1.82) is 0 Å². The van der Waals surface area contributed by atoms with Gasteiger partial charge in [0.1, 0.15) is 5.03 Å². The first-order valence-electron chi connectivity index (χ1n) is 7.04. The number of ether oxygens (including phenoxy) is 1. The molecule has 126 valence electrons. The van der Waals surface area contributed by atoms with Crippen molar-refractivity contribution in [2.24, 2.45) is 0 Å². The number of halogens is 2. The molecule has 0 atom stereocenters. The molecule has 1 heterocycles. The Morgan fingerprint density at radius 2 is 1.92 bits per heavy atom. The molecule has 0 aliphatic heterocycles. The van der Waals surface area contributed by atoms with Crippen LogP contribution in [0.25, 0.3) is 0 Å². The van der Waals surface area contributed by atoms with Gasteiger partial charge in [-0.3, -0.25) is 4.79 Å². The third kappa shape index (κ3) is 5.44. The molecule has 4 nitrogen and oxygen atoms in total. The van der Waals surface area contributed by atoms with Crippen molar-refractivity contribution in [1.82, 2.24) is 4.98 Å². The quantitative estimate of drug-likeness (QED) is 0.720. The molecular weight excluding hydrogens is 367 g/mol. The lowest BCUT2D eigenvalue weighted by atomic mass is 10.2. The zero-order valence-corrected chi connectivity index (χ0v) is 15.5. The molecule has 2 aromatic rings. The number of hydrogen-bond donors (Lipinski definition) is 1. The Labute approximate surface area is 155 Å². The Kier molecular flexibility index (Phi) is 6.97. The summed E-state index contributed by atoms with van der Waals surface area (Å²) in [7, 11) is 1.52. The number of nitrogens with one attached hydrogen (secondary N) is 1. The van der Waals surface area contributed by atoms with E-state index in [1.165, 1.54) is 30.6 Å². The standard InChI is InChI=1S/C17H16Cl2N2O2S/c1-11-3-5-12(6-4-11)10-24-16(19)15(18)17(22)21-13-7-8-14(23-2)20-9-13/h3-9H,10H2,1-2H3,(H,21,22). The molecule has 0 saturated carbocycles. The van der Waals surface area contributed by atoms with Gasteiger partial charge in [0.2, 0.25) is 5.88 Å². The zero-order chi connectivity index (χ0) is 17.5. The average Bonchev–Trinajstić information content (AvgIpc) is 2.61. The fourth-order valence-electron chi connectivity index (χ4n) is 1.74. The van der Waals surface area contributed by atoms with Crippen LogP contribution in [-0.4, -0.2) is 18.0 Å². The summed E-state index contributed by atoms with van der Waals surface area (Å²) in [5, 5.41) is 2.58. The highest BCUT2D eigenvalue weighted by atomic mass is 35.5. The average molecular weight is 383 g/mol. The molecule has 0 saturated heterocycles. The number of rotatable bonds is 6. The fraction of sp³-hybridized carbons (Fsp3) is 0.176. The highest BCUT2D eigenvalue weighted by Gasteiger charge is 2.13. The molecule has 1 N–H and O–H groups in total. The number of nitrogens with zero attached hydrogens (tertiary/aromatic N) is 1. The number of amides is 1. The highest BCUT2D eigenvalue weighted by molar-refractivity contribution is 8.03. The van der Waals surface area contributed by atoms with E-state index in [9.17, 15) is 4.79 Å². The van der Waals surface area contributed by atoms with Gasteiger partial charge in [-0.2, -0.15) is 0 Å². The van der Waals surface area contributed by atoms with E-state index in [-0.39, 0.29) is 9.40 Å². The number of aryl methyl sites for hydroxylation is 1. The summed E-state index contributed by atoms with van der Waals surface area (Å²) in [6, 6.07) is 11.4. The Hall–Kier alpha value is -1.69. The number of thioether (sulfide) groups is 1. The first-order chi connectivity index (χ1) is 11.5. The first-order valence-corrected chi connectivity index (χ1v) is 8.78. The molecule has 7 heteroatoms. The lowest BCUT2D eigenvalue weighted by Crippen LogP contribution is -2.12. The molecule has 1 aromatic heterocycles. The fourth-order valence-corrected chi connectivity index (χ4v) is 2.91. The third-order valence-corrected chi connectivity index (χ3v) is 5.08. The van der Waals surface area contributed by atoms with Crippen molar-refractivity contribution in [3.8, 4) is 5.88 Å². The number of pyridine rings is 1. The van der Waals surface area contributed by atoms with Crippen LogP contribution in [0.3, 0.4) is 0 Å². The molecule has 0 bridgehead atoms. The minimum absolute atomic E-state index is 0.0513. The van der Waals surface area contributed by atoms with Crippen LogP contribution < -0.4 is 10.1 Å². The highest BCUT2D eigenvalue weighted by Crippen LogP contribution is 2.30. The maximum absolute atomic E-state index is 12.1. The van der Waals surface area contributed by atoms with Gasteiger partial charge in [-0.05, 0) is 18.6 Å². The first kappa shape index (κ1) is 18.6. The molecule has 24 heavy (non-hydrogen) atoms. The summed E-state index contributed by atoms with van der Waals surface area (Å²) in [6.07, 6.45) is 1.48. The Morgan fingerprint density at radius 1 is 1.21 bits per heavy atom. The molecule has 0 aliphatic rings. The van der Waals surface area contributed by atoms with Crippen LogP contribution in [0.1, 0.15) is 11.1 Å². The number of hydrogen-bond acceptors (Lipinski definition) is 4. The van der Waals surface area contributed by atoms with Crippen LogP contribution in [0.5, 0.6) is 5.88 Å². The van der Waals surface area contributed by atoms with E-state index in [2.05, 4.69) is 10.3 Å². The molecule has 0 spiro atoms. The number of anilines is 1. The number of carbonyl (C=O) groups excluding carboxylic acids is 1. The predicted octanol–water partition coefficient (Wildman–Crippen LogP) is 4.92. The van der Waals surface area contributed by atoms with Gasteiger partial charge in [0.15, 0.2) is 0 Å². The maximum atomic E-state index is 12.1. The Balaban J connectivity index is 1.96. The molecule has 2 rings (SSSR count). The van der Waals surface area contributed by atoms with E-state index in [1.807, 2.05) is 31.2 Å². The number of methoxy groups -OCH3 is 1. The predicted molar refractivity (Wildman–Crippen MR) is 101 cm³/mol. The Morgan fingerprint density at radius 3 is 2.50 bits per heavy atom. The summed E-state index contributed by atoms with van der Waals surface area (Å²) < 4.78 is 5.20. The van der Waals surface area contributed by atoms with Crippen LogP contribution in [0.2, 0.25) is 0 Å². The van der Waals surface area contributed by atoms with Crippen LogP contribution in [0.4, 0.5) is 5.69 Å². The number of aromatic nitrogens is 1. The molecule has 1 aromatic carbocycles. The van der Waals surface area contributed by atoms with E-state index >= 15 is 0 Å². The van der Waals surface area contributed by atoms with Crippen molar-refractivity contribution in [3.63, 3.8) is 0 Å². The van der Waals surface area contributed by atoms with Gasteiger partial charge in [-0.15, -0.1) is 11.8 Å². The van der Waals surface area contributed by atoms with Gasteiger partial charge in [-0.1, -0.05) is 53.0 Å². The maximum Gasteiger partial charge on any atom is 0.269 e. The monoisotopic (exact) mass is 382 g/mol. The number of benzene rings is 1.